The highest BCUT2D eigenvalue weighted by Gasteiger charge is 2.26. The van der Waals surface area contributed by atoms with E-state index in [0.717, 1.165) is 28.4 Å². The molecule has 4 aromatic rings. The third-order valence-corrected chi connectivity index (χ3v) is 6.16. The minimum absolute atomic E-state index is 0.146. The number of nitrogens with zero attached hydrogens (tertiary/aromatic N) is 5. The van der Waals surface area contributed by atoms with Gasteiger partial charge in [-0.25, -0.2) is 9.67 Å². The molecule has 0 spiro atoms. The van der Waals surface area contributed by atoms with Gasteiger partial charge in [-0.1, -0.05) is 42.5 Å². The lowest BCUT2D eigenvalue weighted by atomic mass is 10.1. The van der Waals surface area contributed by atoms with Gasteiger partial charge >= 0.3 is 0 Å². The summed E-state index contributed by atoms with van der Waals surface area (Å²) >= 11 is 1.58. The van der Waals surface area contributed by atoms with Crippen LogP contribution < -0.4 is 4.90 Å². The molecule has 2 aromatic carbocycles. The molecule has 0 radical (unpaired) electrons. The summed E-state index contributed by atoms with van der Waals surface area (Å²) in [6.45, 7) is 1.94. The number of para-hydroxylation sites is 2. The number of anilines is 1. The van der Waals surface area contributed by atoms with Gasteiger partial charge in [-0.15, -0.1) is 16.4 Å². The molecule has 0 N–H and O–H groups in total. The van der Waals surface area contributed by atoms with E-state index in [0.29, 0.717) is 18.9 Å². The molecule has 0 unspecified atom stereocenters. The van der Waals surface area contributed by atoms with Crippen LogP contribution in [0.5, 0.6) is 0 Å². The van der Waals surface area contributed by atoms with Crippen molar-refractivity contribution in [2.45, 2.75) is 6.54 Å². The smallest absolute Gasteiger partial charge is 0.293 e. The lowest BCUT2D eigenvalue weighted by Gasteiger charge is -2.19. The number of benzene rings is 2. The number of hydrogen-bond acceptors (Lipinski definition) is 5. The predicted molar refractivity (Wildman–Crippen MR) is 119 cm³/mol. The summed E-state index contributed by atoms with van der Waals surface area (Å²) in [5.41, 5.74) is 3.18. The Balaban J connectivity index is 1.52. The maximum Gasteiger partial charge on any atom is 0.293 e. The average molecular weight is 416 g/mol. The zero-order valence-corrected chi connectivity index (χ0v) is 17.4. The summed E-state index contributed by atoms with van der Waals surface area (Å²) in [5.74, 6) is 0.767. The Hall–Kier alpha value is -3.45. The number of aromatic nitrogens is 3. The molecule has 150 valence electrons. The summed E-state index contributed by atoms with van der Waals surface area (Å²) in [6, 6.07) is 22.0. The molecule has 1 aliphatic heterocycles. The molecule has 1 aliphatic rings. The quantitative estimate of drug-likeness (QED) is 0.506. The number of likely N-dealkylation sites (N-methyl/N-ethyl adjacent to an activating group) is 1. The van der Waals surface area contributed by atoms with Crippen LogP contribution in [0.4, 0.5) is 5.69 Å². The van der Waals surface area contributed by atoms with Crippen LogP contribution in [0.1, 0.15) is 16.2 Å². The predicted octanol–water partition coefficient (Wildman–Crippen LogP) is 4.09. The fourth-order valence-electron chi connectivity index (χ4n) is 3.72. The molecule has 0 bridgehead atoms. The van der Waals surface area contributed by atoms with E-state index in [1.165, 1.54) is 0 Å². The summed E-state index contributed by atoms with van der Waals surface area (Å²) < 4.78 is 1.76. The molecule has 0 aliphatic carbocycles. The molecule has 0 saturated heterocycles. The lowest BCUT2D eigenvalue weighted by Crippen LogP contribution is -2.35. The zero-order valence-electron chi connectivity index (χ0n) is 16.6. The molecule has 0 fully saturated rings. The molecule has 5 rings (SSSR count). The van der Waals surface area contributed by atoms with E-state index in [1.54, 1.807) is 16.0 Å². The van der Waals surface area contributed by atoms with Crippen LogP contribution >= 0.6 is 11.3 Å². The number of amides is 1. The largest absolute Gasteiger partial charge is 0.373 e. The maximum absolute atomic E-state index is 13.4. The van der Waals surface area contributed by atoms with Gasteiger partial charge in [-0.3, -0.25) is 4.79 Å². The highest BCUT2D eigenvalue weighted by Crippen LogP contribution is 2.27. The highest BCUT2D eigenvalue weighted by molar-refractivity contribution is 7.13. The molecule has 1 amide bonds. The van der Waals surface area contributed by atoms with Gasteiger partial charge in [0.25, 0.3) is 5.91 Å². The van der Waals surface area contributed by atoms with E-state index >= 15 is 0 Å². The zero-order chi connectivity index (χ0) is 20.5. The van der Waals surface area contributed by atoms with Crippen LogP contribution in [-0.2, 0) is 6.54 Å². The summed E-state index contributed by atoms with van der Waals surface area (Å²) in [7, 11) is 2.06. The summed E-state index contributed by atoms with van der Waals surface area (Å²) in [4.78, 5) is 23.1. The van der Waals surface area contributed by atoms with Crippen molar-refractivity contribution in [3.05, 3.63) is 83.5 Å². The molecule has 30 heavy (non-hydrogen) atoms. The second kappa shape index (κ2) is 7.76. The van der Waals surface area contributed by atoms with E-state index in [2.05, 4.69) is 34.2 Å². The van der Waals surface area contributed by atoms with Crippen LogP contribution in [0, 0.1) is 0 Å². The van der Waals surface area contributed by atoms with Gasteiger partial charge in [0.1, 0.15) is 0 Å². The normalized spacial score (nSPS) is 13.8. The van der Waals surface area contributed by atoms with Crippen molar-refractivity contribution >= 4 is 22.9 Å². The number of fused-ring (bicyclic) bond motifs is 1. The van der Waals surface area contributed by atoms with Gasteiger partial charge in [0.05, 0.1) is 10.6 Å². The minimum Gasteiger partial charge on any atom is -0.373 e. The number of carbonyl (C=O) groups is 1. The first-order chi connectivity index (χ1) is 14.7. The van der Waals surface area contributed by atoms with Crippen molar-refractivity contribution < 1.29 is 4.79 Å². The first kappa shape index (κ1) is 18.6. The molecule has 6 nitrogen and oxygen atoms in total. The topological polar surface area (TPSA) is 54.3 Å². The molecule has 7 heteroatoms. The van der Waals surface area contributed by atoms with E-state index in [9.17, 15) is 4.79 Å². The van der Waals surface area contributed by atoms with Crippen LogP contribution in [0.3, 0.4) is 0 Å². The fraction of sp³-hybridized carbons (Fsp3) is 0.174. The van der Waals surface area contributed by atoms with Crippen molar-refractivity contribution in [3.63, 3.8) is 0 Å². The van der Waals surface area contributed by atoms with E-state index in [1.807, 2.05) is 64.9 Å². The van der Waals surface area contributed by atoms with Gasteiger partial charge in [0.2, 0.25) is 5.82 Å². The third kappa shape index (κ3) is 3.37. The van der Waals surface area contributed by atoms with Crippen LogP contribution in [-0.4, -0.2) is 45.7 Å². The first-order valence-corrected chi connectivity index (χ1v) is 10.7. The van der Waals surface area contributed by atoms with Gasteiger partial charge in [-0.2, -0.15) is 0 Å². The number of thiophene rings is 1. The Kier molecular flexibility index (Phi) is 4.80. The third-order valence-electron chi connectivity index (χ3n) is 5.30. The summed E-state index contributed by atoms with van der Waals surface area (Å²) in [6.07, 6.45) is 0. The Bertz CT molecular complexity index is 1170. The van der Waals surface area contributed by atoms with E-state index < -0.39 is 0 Å². The van der Waals surface area contributed by atoms with Gasteiger partial charge in [0.15, 0.2) is 5.82 Å². The molecule has 3 heterocycles. The van der Waals surface area contributed by atoms with E-state index in [-0.39, 0.29) is 11.7 Å². The van der Waals surface area contributed by atoms with Crippen molar-refractivity contribution in [2.75, 3.05) is 25.0 Å². The van der Waals surface area contributed by atoms with Crippen molar-refractivity contribution in [1.29, 1.82) is 0 Å². The SMILES string of the molecule is CN1CCN(C(=O)c2nc(-c3cccs3)n(-c3ccccc3)n2)Cc2ccccc21. The summed E-state index contributed by atoms with van der Waals surface area (Å²) in [5, 5.41) is 6.63. The highest BCUT2D eigenvalue weighted by atomic mass is 32.1. The van der Waals surface area contributed by atoms with Crippen molar-refractivity contribution in [3.8, 4) is 16.4 Å². The van der Waals surface area contributed by atoms with E-state index in [4.69, 9.17) is 0 Å². The number of hydrogen-bond donors (Lipinski definition) is 0. The second-order valence-electron chi connectivity index (χ2n) is 7.26. The van der Waals surface area contributed by atoms with Crippen molar-refractivity contribution in [2.24, 2.45) is 0 Å². The lowest BCUT2D eigenvalue weighted by molar-refractivity contribution is 0.0739. The van der Waals surface area contributed by atoms with Gasteiger partial charge in [-0.05, 0) is 35.2 Å². The molecule has 2 aromatic heterocycles. The Morgan fingerprint density at radius 2 is 1.77 bits per heavy atom. The maximum atomic E-state index is 13.4. The Morgan fingerprint density at radius 1 is 0.967 bits per heavy atom. The van der Waals surface area contributed by atoms with Gasteiger partial charge in [0, 0.05) is 32.4 Å². The molecule has 0 saturated carbocycles. The van der Waals surface area contributed by atoms with Crippen LogP contribution in [0.2, 0.25) is 0 Å². The van der Waals surface area contributed by atoms with Gasteiger partial charge < -0.3 is 9.80 Å². The fourth-order valence-corrected chi connectivity index (χ4v) is 4.42. The standard InChI is InChI=1S/C23H21N5OS/c1-26-13-14-27(16-17-8-5-6-11-19(17)26)23(29)21-24-22(20-12-7-15-30-20)28(25-21)18-9-3-2-4-10-18/h2-12,15H,13-14,16H2,1H3. The van der Waals surface area contributed by atoms with Crippen LogP contribution in [0.15, 0.2) is 72.1 Å². The minimum atomic E-state index is -0.146. The number of carbonyl (C=O) groups excluding carboxylic acids is 1. The van der Waals surface area contributed by atoms with Crippen molar-refractivity contribution in [1.82, 2.24) is 19.7 Å². The number of rotatable bonds is 3. The van der Waals surface area contributed by atoms with Crippen LogP contribution in [0.25, 0.3) is 16.4 Å². The average Bonchev–Trinajstić information content (AvgIpc) is 3.43. The Labute approximate surface area is 179 Å². The molecular formula is C23H21N5OS. The monoisotopic (exact) mass is 415 g/mol. The second-order valence-corrected chi connectivity index (χ2v) is 8.21. The molecular weight excluding hydrogens is 394 g/mol. The Morgan fingerprint density at radius 3 is 2.57 bits per heavy atom. The molecule has 0 atom stereocenters. The first-order valence-electron chi connectivity index (χ1n) is 9.85.